The molecule has 0 spiro atoms. The van der Waals surface area contributed by atoms with Gasteiger partial charge in [-0.15, -0.1) is 0 Å². The van der Waals surface area contributed by atoms with Gasteiger partial charge in [-0.05, 0) is 13.3 Å². The Morgan fingerprint density at radius 3 is 2.90 bits per heavy atom. The molecular formula is C7H12N2O. The normalized spacial score (nSPS) is 34.1. The molecule has 0 bridgehead atoms. The molecule has 1 atom stereocenters. The minimum absolute atomic E-state index is 0.441. The van der Waals surface area contributed by atoms with Crippen LogP contribution in [0.5, 0.6) is 0 Å². The maximum Gasteiger partial charge on any atom is 0.0866 e. The van der Waals surface area contributed by atoms with E-state index in [9.17, 15) is 5.11 Å². The molecule has 1 saturated heterocycles. The van der Waals surface area contributed by atoms with Crippen LogP contribution in [0.15, 0.2) is 0 Å². The van der Waals surface area contributed by atoms with Crippen molar-refractivity contribution in [2.45, 2.75) is 18.9 Å². The summed E-state index contributed by atoms with van der Waals surface area (Å²) in [5.41, 5.74) is -0.559. The second-order valence-corrected chi connectivity index (χ2v) is 3.12. The Bertz CT molecular complexity index is 159. The van der Waals surface area contributed by atoms with Gasteiger partial charge in [0.25, 0.3) is 0 Å². The third kappa shape index (κ3) is 1.69. The molecular weight excluding hydrogens is 128 g/mol. The summed E-state index contributed by atoms with van der Waals surface area (Å²) >= 11 is 0. The van der Waals surface area contributed by atoms with Crippen molar-refractivity contribution in [2.75, 3.05) is 19.6 Å². The van der Waals surface area contributed by atoms with Crippen molar-refractivity contribution in [1.82, 2.24) is 4.90 Å². The van der Waals surface area contributed by atoms with Crippen molar-refractivity contribution < 1.29 is 5.11 Å². The summed E-state index contributed by atoms with van der Waals surface area (Å²) in [5, 5.41) is 17.8. The average Bonchev–Trinajstić information content (AvgIpc) is 2.12. The van der Waals surface area contributed by atoms with E-state index in [1.807, 2.05) is 11.8 Å². The van der Waals surface area contributed by atoms with Crippen LogP contribution in [0.1, 0.15) is 13.3 Å². The van der Waals surface area contributed by atoms with Crippen molar-refractivity contribution in [3.8, 4) is 6.07 Å². The fourth-order valence-corrected chi connectivity index (χ4v) is 1.27. The minimum atomic E-state index is -0.559. The highest BCUT2D eigenvalue weighted by Gasteiger charge is 2.30. The highest BCUT2D eigenvalue weighted by molar-refractivity contribution is 4.89. The van der Waals surface area contributed by atoms with Crippen LogP contribution in [0.3, 0.4) is 0 Å². The number of likely N-dealkylation sites (tertiary alicyclic amines) is 1. The average molecular weight is 140 g/mol. The molecule has 1 aliphatic heterocycles. The van der Waals surface area contributed by atoms with Crippen molar-refractivity contribution in [3.63, 3.8) is 0 Å². The van der Waals surface area contributed by atoms with Crippen LogP contribution < -0.4 is 0 Å². The van der Waals surface area contributed by atoms with Gasteiger partial charge in [-0.3, -0.25) is 4.90 Å². The van der Waals surface area contributed by atoms with Crippen molar-refractivity contribution in [1.29, 1.82) is 5.26 Å². The molecule has 1 rings (SSSR count). The Labute approximate surface area is 60.9 Å². The summed E-state index contributed by atoms with van der Waals surface area (Å²) in [5.74, 6) is 0. The molecule has 3 nitrogen and oxygen atoms in total. The molecule has 0 aromatic heterocycles. The second-order valence-electron chi connectivity index (χ2n) is 3.12. The molecule has 0 aromatic rings. The van der Waals surface area contributed by atoms with E-state index in [0.717, 1.165) is 13.0 Å². The minimum Gasteiger partial charge on any atom is -0.389 e. The van der Waals surface area contributed by atoms with Gasteiger partial charge >= 0.3 is 0 Å². The molecule has 1 fully saturated rings. The molecule has 1 heterocycles. The Morgan fingerprint density at radius 1 is 1.80 bits per heavy atom. The highest BCUT2D eigenvalue weighted by Crippen LogP contribution is 2.18. The predicted molar refractivity (Wildman–Crippen MR) is 37.3 cm³/mol. The van der Waals surface area contributed by atoms with Crippen molar-refractivity contribution in [3.05, 3.63) is 0 Å². The van der Waals surface area contributed by atoms with Crippen LogP contribution in [0.2, 0.25) is 0 Å². The molecule has 0 radical (unpaired) electrons. The second kappa shape index (κ2) is 2.57. The first-order valence-corrected chi connectivity index (χ1v) is 3.46. The van der Waals surface area contributed by atoms with E-state index < -0.39 is 5.60 Å². The molecule has 10 heavy (non-hydrogen) atoms. The summed E-state index contributed by atoms with van der Waals surface area (Å²) in [6, 6.07) is 2.06. The molecule has 56 valence electrons. The van der Waals surface area contributed by atoms with Crippen LogP contribution in [-0.4, -0.2) is 35.2 Å². The van der Waals surface area contributed by atoms with Gasteiger partial charge in [0.2, 0.25) is 0 Å². The highest BCUT2D eigenvalue weighted by atomic mass is 16.3. The summed E-state index contributed by atoms with van der Waals surface area (Å²) in [7, 11) is 0. The van der Waals surface area contributed by atoms with E-state index in [4.69, 9.17) is 5.26 Å². The van der Waals surface area contributed by atoms with Crippen LogP contribution in [0, 0.1) is 11.3 Å². The fraction of sp³-hybridized carbons (Fsp3) is 0.857. The lowest BCUT2D eigenvalue weighted by Gasteiger charge is -2.15. The number of rotatable bonds is 1. The topological polar surface area (TPSA) is 47.3 Å². The van der Waals surface area contributed by atoms with E-state index >= 15 is 0 Å². The van der Waals surface area contributed by atoms with Gasteiger partial charge in [-0.1, -0.05) is 0 Å². The number of aliphatic hydroxyl groups is 1. The van der Waals surface area contributed by atoms with Crippen molar-refractivity contribution >= 4 is 0 Å². The van der Waals surface area contributed by atoms with Gasteiger partial charge < -0.3 is 5.11 Å². The van der Waals surface area contributed by atoms with E-state index in [2.05, 4.69) is 6.07 Å². The van der Waals surface area contributed by atoms with Crippen molar-refractivity contribution in [2.24, 2.45) is 0 Å². The van der Waals surface area contributed by atoms with E-state index in [-0.39, 0.29) is 0 Å². The summed E-state index contributed by atoms with van der Waals surface area (Å²) < 4.78 is 0. The number of nitriles is 1. The van der Waals surface area contributed by atoms with Gasteiger partial charge in [0.15, 0.2) is 0 Å². The number of nitrogens with zero attached hydrogens (tertiary/aromatic N) is 2. The van der Waals surface area contributed by atoms with Gasteiger partial charge in [0, 0.05) is 13.1 Å². The summed E-state index contributed by atoms with van der Waals surface area (Å²) in [4.78, 5) is 1.96. The molecule has 3 heteroatoms. The lowest BCUT2D eigenvalue weighted by molar-refractivity contribution is 0.0704. The largest absolute Gasteiger partial charge is 0.389 e. The maximum absolute atomic E-state index is 9.44. The third-order valence-electron chi connectivity index (χ3n) is 1.83. The number of hydrogen-bond acceptors (Lipinski definition) is 3. The third-order valence-corrected chi connectivity index (χ3v) is 1.83. The zero-order valence-electron chi connectivity index (χ0n) is 6.17. The first kappa shape index (κ1) is 7.52. The van der Waals surface area contributed by atoms with Crippen LogP contribution in [-0.2, 0) is 0 Å². The Hall–Kier alpha value is -0.590. The SMILES string of the molecule is CC1(O)CCN(CC#N)C1. The molecule has 0 aliphatic carbocycles. The van der Waals surface area contributed by atoms with Gasteiger partial charge in [-0.25, -0.2) is 0 Å². The van der Waals surface area contributed by atoms with Gasteiger partial charge in [0.1, 0.15) is 0 Å². The van der Waals surface area contributed by atoms with E-state index in [1.54, 1.807) is 0 Å². The van der Waals surface area contributed by atoms with Gasteiger partial charge in [0.05, 0.1) is 18.2 Å². The standard InChI is InChI=1S/C7H12N2O/c1-7(10)2-4-9(6-7)5-3-8/h10H,2,4-6H2,1H3. The Balaban J connectivity index is 2.38. The lowest BCUT2D eigenvalue weighted by atomic mass is 10.1. The molecule has 1 N–H and O–H groups in total. The molecule has 0 saturated carbocycles. The maximum atomic E-state index is 9.44. The monoisotopic (exact) mass is 140 g/mol. The summed E-state index contributed by atoms with van der Waals surface area (Å²) in [6.45, 7) is 3.74. The zero-order chi connectivity index (χ0) is 7.61. The summed E-state index contributed by atoms with van der Waals surface area (Å²) in [6.07, 6.45) is 0.786. The lowest BCUT2D eigenvalue weighted by Crippen LogP contribution is -2.29. The number of β-amino-alcohol motifs (C(OH)–C–C–N with tert-alkyl or cyclic N) is 1. The molecule has 1 unspecified atom stereocenters. The smallest absolute Gasteiger partial charge is 0.0866 e. The number of hydrogen-bond donors (Lipinski definition) is 1. The van der Waals surface area contributed by atoms with Gasteiger partial charge in [-0.2, -0.15) is 5.26 Å². The Morgan fingerprint density at radius 2 is 2.50 bits per heavy atom. The van der Waals surface area contributed by atoms with Crippen LogP contribution >= 0.6 is 0 Å². The predicted octanol–water partition coefficient (Wildman–Crippen LogP) is -0.0333. The quantitative estimate of drug-likeness (QED) is 0.520. The van der Waals surface area contributed by atoms with Crippen LogP contribution in [0.25, 0.3) is 0 Å². The molecule has 0 amide bonds. The van der Waals surface area contributed by atoms with E-state index in [1.165, 1.54) is 0 Å². The molecule has 1 aliphatic rings. The first-order chi connectivity index (χ1) is 4.64. The van der Waals surface area contributed by atoms with Crippen LogP contribution in [0.4, 0.5) is 0 Å². The first-order valence-electron chi connectivity index (χ1n) is 3.46. The molecule has 0 aromatic carbocycles. The Kier molecular flexibility index (Phi) is 1.93. The fourth-order valence-electron chi connectivity index (χ4n) is 1.27. The van der Waals surface area contributed by atoms with E-state index in [0.29, 0.717) is 13.1 Å². The zero-order valence-corrected chi connectivity index (χ0v) is 6.17.